The molecule has 0 amide bonds. The van der Waals surface area contributed by atoms with E-state index in [4.69, 9.17) is 0 Å². The lowest BCUT2D eigenvalue weighted by atomic mass is 9.88. The summed E-state index contributed by atoms with van der Waals surface area (Å²) in [7, 11) is 0. The number of nitrogens with zero attached hydrogens (tertiary/aromatic N) is 1. The zero-order valence-corrected chi connectivity index (χ0v) is 21.3. The predicted molar refractivity (Wildman–Crippen MR) is 145 cm³/mol. The number of halogens is 1. The van der Waals surface area contributed by atoms with E-state index in [1.54, 1.807) is 18.3 Å². The standard InChI is InChI=1S/C32H34FNO/c1-7-21(2)11-13-23(4)32(35)28-19-26(24(5)17-25(6)31-10-8-9-15-34-31)18-27(20-28)29-14-12-22(3)16-30(29)33/h7-16,18-20,23,25H,5,17H2,1-4,6H3/b13-11-,21-7-. The van der Waals surface area contributed by atoms with E-state index >= 15 is 0 Å². The van der Waals surface area contributed by atoms with Crippen LogP contribution in [0.3, 0.4) is 0 Å². The molecule has 3 heteroatoms. The van der Waals surface area contributed by atoms with Gasteiger partial charge in [-0.25, -0.2) is 4.39 Å². The van der Waals surface area contributed by atoms with Crippen LogP contribution in [0.15, 0.2) is 91.2 Å². The number of hydrogen-bond acceptors (Lipinski definition) is 2. The first-order valence-electron chi connectivity index (χ1n) is 12.1. The highest BCUT2D eigenvalue weighted by Gasteiger charge is 2.18. The largest absolute Gasteiger partial charge is 0.294 e. The maximum Gasteiger partial charge on any atom is 0.169 e. The molecule has 0 saturated heterocycles. The van der Waals surface area contributed by atoms with Crippen molar-refractivity contribution in [2.75, 3.05) is 0 Å². The predicted octanol–water partition coefficient (Wildman–Crippen LogP) is 8.74. The van der Waals surface area contributed by atoms with Gasteiger partial charge in [0.05, 0.1) is 0 Å². The Bertz CT molecular complexity index is 1270. The summed E-state index contributed by atoms with van der Waals surface area (Å²) >= 11 is 0. The second-order valence-corrected chi connectivity index (χ2v) is 9.29. The molecule has 0 bridgehead atoms. The van der Waals surface area contributed by atoms with Crippen LogP contribution >= 0.6 is 0 Å². The fourth-order valence-corrected chi connectivity index (χ4v) is 3.99. The van der Waals surface area contributed by atoms with Crippen LogP contribution in [0.25, 0.3) is 16.7 Å². The average Bonchev–Trinajstić information content (AvgIpc) is 2.86. The third kappa shape index (κ3) is 6.73. The van der Waals surface area contributed by atoms with Crippen LogP contribution in [0, 0.1) is 18.7 Å². The summed E-state index contributed by atoms with van der Waals surface area (Å²) in [6.07, 6.45) is 8.34. The second kappa shape index (κ2) is 11.7. The van der Waals surface area contributed by atoms with Crippen molar-refractivity contribution in [3.63, 3.8) is 0 Å². The number of aromatic nitrogens is 1. The third-order valence-corrected chi connectivity index (χ3v) is 6.32. The van der Waals surface area contributed by atoms with Gasteiger partial charge in [0, 0.05) is 34.9 Å². The van der Waals surface area contributed by atoms with E-state index in [-0.39, 0.29) is 23.4 Å². The lowest BCUT2D eigenvalue weighted by molar-refractivity contribution is 0.0953. The van der Waals surface area contributed by atoms with Gasteiger partial charge in [0.25, 0.3) is 0 Å². The summed E-state index contributed by atoms with van der Waals surface area (Å²) < 4.78 is 14.9. The second-order valence-electron chi connectivity index (χ2n) is 9.29. The molecule has 0 aliphatic heterocycles. The van der Waals surface area contributed by atoms with Crippen molar-refractivity contribution in [1.82, 2.24) is 4.98 Å². The molecule has 0 N–H and O–H groups in total. The van der Waals surface area contributed by atoms with E-state index in [1.165, 1.54) is 6.07 Å². The van der Waals surface area contributed by atoms with Crippen molar-refractivity contribution in [1.29, 1.82) is 0 Å². The van der Waals surface area contributed by atoms with Crippen molar-refractivity contribution in [3.05, 3.63) is 119 Å². The van der Waals surface area contributed by atoms with E-state index in [1.807, 2.05) is 82.3 Å². The molecule has 2 nitrogen and oxygen atoms in total. The normalized spacial score (nSPS) is 13.6. The minimum atomic E-state index is -0.309. The smallest absolute Gasteiger partial charge is 0.169 e. The SMILES string of the molecule is C=C(CC(C)c1ccccn1)c1cc(C(=O)C(C)/C=C\C(C)=C/C)cc(-c2ccc(C)cc2F)c1. The summed E-state index contributed by atoms with van der Waals surface area (Å²) in [4.78, 5) is 17.8. The quantitative estimate of drug-likeness (QED) is 0.233. The topological polar surface area (TPSA) is 30.0 Å². The fraction of sp³-hybridized carbons (Fsp3) is 0.250. The van der Waals surface area contributed by atoms with Crippen LogP contribution in [0.2, 0.25) is 0 Å². The fourth-order valence-electron chi connectivity index (χ4n) is 3.99. The minimum absolute atomic E-state index is 0.00801. The number of Topliss-reactive ketones (excluding diaryl/α,β-unsaturated/α-hetero) is 1. The third-order valence-electron chi connectivity index (χ3n) is 6.32. The number of pyridine rings is 1. The molecule has 2 aromatic carbocycles. The van der Waals surface area contributed by atoms with Crippen molar-refractivity contribution < 1.29 is 9.18 Å². The molecule has 180 valence electrons. The number of aryl methyl sites for hydroxylation is 1. The van der Waals surface area contributed by atoms with E-state index in [0.717, 1.165) is 28.0 Å². The van der Waals surface area contributed by atoms with Gasteiger partial charge in [-0.05, 0) is 85.9 Å². The van der Waals surface area contributed by atoms with Gasteiger partial charge in [0.2, 0.25) is 0 Å². The number of rotatable bonds is 9. The molecule has 1 heterocycles. The van der Waals surface area contributed by atoms with Gasteiger partial charge in [-0.2, -0.15) is 0 Å². The number of carbonyl (C=O) groups excluding carboxylic acids is 1. The monoisotopic (exact) mass is 467 g/mol. The van der Waals surface area contributed by atoms with Crippen molar-refractivity contribution in [2.24, 2.45) is 5.92 Å². The van der Waals surface area contributed by atoms with Crippen LogP contribution < -0.4 is 0 Å². The number of ketones is 1. The van der Waals surface area contributed by atoms with Gasteiger partial charge in [-0.3, -0.25) is 9.78 Å². The summed E-state index contributed by atoms with van der Waals surface area (Å²) in [5.74, 6) is -0.458. The van der Waals surface area contributed by atoms with Crippen LogP contribution in [-0.4, -0.2) is 10.8 Å². The van der Waals surface area contributed by atoms with Crippen LogP contribution in [0.5, 0.6) is 0 Å². The highest BCUT2D eigenvalue weighted by atomic mass is 19.1. The Balaban J connectivity index is 2.01. The van der Waals surface area contributed by atoms with Crippen molar-refractivity contribution in [2.45, 2.75) is 47.0 Å². The molecule has 0 fully saturated rings. The van der Waals surface area contributed by atoms with E-state index in [9.17, 15) is 9.18 Å². The molecule has 2 atom stereocenters. The molecular formula is C32H34FNO. The summed E-state index contributed by atoms with van der Waals surface area (Å²) in [6, 6.07) is 16.7. The summed E-state index contributed by atoms with van der Waals surface area (Å²) in [6.45, 7) is 14.1. The molecule has 1 aromatic heterocycles. The molecule has 0 saturated carbocycles. The van der Waals surface area contributed by atoms with Gasteiger partial charge >= 0.3 is 0 Å². The molecular weight excluding hydrogens is 433 g/mol. The Kier molecular flexibility index (Phi) is 8.70. The van der Waals surface area contributed by atoms with Gasteiger partial charge in [0.15, 0.2) is 5.78 Å². The van der Waals surface area contributed by atoms with Crippen LogP contribution in [0.4, 0.5) is 4.39 Å². The maximum atomic E-state index is 14.9. The van der Waals surface area contributed by atoms with Gasteiger partial charge in [-0.1, -0.05) is 62.4 Å². The van der Waals surface area contributed by atoms with Crippen molar-refractivity contribution >= 4 is 11.4 Å². The molecule has 2 unspecified atom stereocenters. The van der Waals surface area contributed by atoms with Gasteiger partial charge in [-0.15, -0.1) is 0 Å². The molecule has 3 aromatic rings. The van der Waals surface area contributed by atoms with Crippen LogP contribution in [-0.2, 0) is 0 Å². The first kappa shape index (κ1) is 26.0. The van der Waals surface area contributed by atoms with E-state index in [0.29, 0.717) is 23.1 Å². The number of hydrogen-bond donors (Lipinski definition) is 0. The lowest BCUT2D eigenvalue weighted by Crippen LogP contribution is -2.10. The number of allylic oxidation sites excluding steroid dienone is 5. The number of benzene rings is 2. The zero-order chi connectivity index (χ0) is 25.5. The number of carbonyl (C=O) groups is 1. The summed E-state index contributed by atoms with van der Waals surface area (Å²) in [5, 5.41) is 0. The van der Waals surface area contributed by atoms with Gasteiger partial charge in [0.1, 0.15) is 5.82 Å². The molecule has 3 rings (SSSR count). The molecule has 0 radical (unpaired) electrons. The zero-order valence-electron chi connectivity index (χ0n) is 21.3. The van der Waals surface area contributed by atoms with Gasteiger partial charge < -0.3 is 0 Å². The average molecular weight is 468 g/mol. The molecule has 0 aliphatic carbocycles. The Morgan fingerprint density at radius 2 is 1.83 bits per heavy atom. The molecule has 0 spiro atoms. The highest BCUT2D eigenvalue weighted by Crippen LogP contribution is 2.32. The Morgan fingerprint density at radius 1 is 1.09 bits per heavy atom. The van der Waals surface area contributed by atoms with Crippen molar-refractivity contribution in [3.8, 4) is 11.1 Å². The minimum Gasteiger partial charge on any atom is -0.294 e. The molecule has 0 aliphatic rings. The summed E-state index contributed by atoms with van der Waals surface area (Å²) in [5.41, 5.74) is 6.38. The maximum absolute atomic E-state index is 14.9. The van der Waals surface area contributed by atoms with E-state index < -0.39 is 0 Å². The molecule has 35 heavy (non-hydrogen) atoms. The Morgan fingerprint density at radius 3 is 2.49 bits per heavy atom. The van der Waals surface area contributed by atoms with E-state index in [2.05, 4.69) is 18.5 Å². The highest BCUT2D eigenvalue weighted by molar-refractivity contribution is 6.00. The lowest BCUT2D eigenvalue weighted by Gasteiger charge is -2.16. The Labute approximate surface area is 208 Å². The first-order chi connectivity index (χ1) is 16.7. The first-order valence-corrected chi connectivity index (χ1v) is 12.1. The van der Waals surface area contributed by atoms with Crippen LogP contribution in [0.1, 0.15) is 67.2 Å². The Hall–Kier alpha value is -3.59.